The normalized spacial score (nSPS) is 19.6. The molecule has 1 amide bonds. The topological polar surface area (TPSA) is 32.3 Å². The molecule has 1 aliphatic heterocycles. The van der Waals surface area contributed by atoms with Gasteiger partial charge in [-0.25, -0.2) is 0 Å². The molecule has 1 heterocycles. The van der Waals surface area contributed by atoms with Crippen LogP contribution in [0.15, 0.2) is 22.7 Å². The summed E-state index contributed by atoms with van der Waals surface area (Å²) >= 11 is 3.47. The first-order valence-corrected chi connectivity index (χ1v) is 7.23. The van der Waals surface area contributed by atoms with Gasteiger partial charge in [0.25, 0.3) is 0 Å². The van der Waals surface area contributed by atoms with Gasteiger partial charge in [0.1, 0.15) is 0 Å². The minimum atomic E-state index is -0.0108. The minimum absolute atomic E-state index is 0.0108. The Kier molecular flexibility index (Phi) is 4.40. The molecule has 1 N–H and O–H groups in total. The van der Waals surface area contributed by atoms with Crippen molar-refractivity contribution in [1.82, 2.24) is 5.32 Å². The Morgan fingerprint density at radius 1 is 1.50 bits per heavy atom. The fourth-order valence-corrected chi connectivity index (χ4v) is 2.65. The van der Waals surface area contributed by atoms with Gasteiger partial charge >= 0.3 is 0 Å². The lowest BCUT2D eigenvalue weighted by molar-refractivity contribution is -0.118. The summed E-state index contributed by atoms with van der Waals surface area (Å²) in [6.45, 7) is 5.86. The summed E-state index contributed by atoms with van der Waals surface area (Å²) in [7, 11) is 0. The molecular weight excluding hydrogens is 292 g/mol. The van der Waals surface area contributed by atoms with Crippen molar-refractivity contribution in [1.29, 1.82) is 0 Å². The predicted molar refractivity (Wildman–Crippen MR) is 77.9 cm³/mol. The van der Waals surface area contributed by atoms with Crippen molar-refractivity contribution in [3.05, 3.63) is 28.2 Å². The Morgan fingerprint density at radius 3 is 3.00 bits per heavy atom. The lowest BCUT2D eigenvalue weighted by Crippen LogP contribution is -2.38. The molecule has 0 radical (unpaired) electrons. The summed E-state index contributed by atoms with van der Waals surface area (Å²) in [5.41, 5.74) is 2.16. The van der Waals surface area contributed by atoms with Crippen molar-refractivity contribution in [2.75, 3.05) is 18.0 Å². The minimum Gasteiger partial charge on any atom is -0.311 e. The van der Waals surface area contributed by atoms with Gasteiger partial charge in [-0.05, 0) is 44.0 Å². The molecule has 0 aliphatic carbocycles. The van der Waals surface area contributed by atoms with Gasteiger partial charge in [-0.15, -0.1) is 0 Å². The molecule has 1 aromatic carbocycles. The molecule has 0 aromatic heterocycles. The van der Waals surface area contributed by atoms with Crippen LogP contribution in [0.25, 0.3) is 0 Å². The second kappa shape index (κ2) is 5.85. The van der Waals surface area contributed by atoms with Gasteiger partial charge in [0.2, 0.25) is 5.91 Å². The number of aryl methyl sites for hydroxylation is 1. The van der Waals surface area contributed by atoms with E-state index in [0.717, 1.165) is 41.7 Å². The van der Waals surface area contributed by atoms with E-state index in [0.29, 0.717) is 0 Å². The standard InChI is InChI=1S/C14H19BrN2O/c1-3-7-16-12-6-8-17(14(12)18)13-9-11(15)5-4-10(13)2/h4-5,9,12,16H,3,6-8H2,1-2H3. The van der Waals surface area contributed by atoms with Crippen LogP contribution in [0.4, 0.5) is 5.69 Å². The Labute approximate surface area is 117 Å². The van der Waals surface area contributed by atoms with E-state index in [1.54, 1.807) is 0 Å². The number of anilines is 1. The third kappa shape index (κ3) is 2.75. The highest BCUT2D eigenvalue weighted by molar-refractivity contribution is 9.10. The number of amides is 1. The van der Waals surface area contributed by atoms with Gasteiger partial charge in [-0.1, -0.05) is 28.9 Å². The maximum atomic E-state index is 12.3. The van der Waals surface area contributed by atoms with E-state index in [2.05, 4.69) is 28.2 Å². The van der Waals surface area contributed by atoms with E-state index in [1.807, 2.05) is 30.0 Å². The Hall–Kier alpha value is -0.870. The van der Waals surface area contributed by atoms with Gasteiger partial charge in [0, 0.05) is 16.7 Å². The van der Waals surface area contributed by atoms with Crippen LogP contribution in [0, 0.1) is 6.92 Å². The summed E-state index contributed by atoms with van der Waals surface area (Å²) < 4.78 is 1.01. The van der Waals surface area contributed by atoms with E-state index in [9.17, 15) is 4.79 Å². The zero-order chi connectivity index (χ0) is 13.1. The maximum Gasteiger partial charge on any atom is 0.244 e. The lowest BCUT2D eigenvalue weighted by atomic mass is 10.2. The molecule has 4 heteroatoms. The van der Waals surface area contributed by atoms with Crippen LogP contribution in [0.3, 0.4) is 0 Å². The van der Waals surface area contributed by atoms with E-state index in [-0.39, 0.29) is 11.9 Å². The van der Waals surface area contributed by atoms with Crippen LogP contribution in [0.1, 0.15) is 25.3 Å². The number of benzene rings is 1. The van der Waals surface area contributed by atoms with Crippen LogP contribution >= 0.6 is 15.9 Å². The van der Waals surface area contributed by atoms with Crippen molar-refractivity contribution < 1.29 is 4.79 Å². The molecule has 0 saturated carbocycles. The van der Waals surface area contributed by atoms with Gasteiger partial charge in [-0.3, -0.25) is 4.79 Å². The number of nitrogens with zero attached hydrogens (tertiary/aromatic N) is 1. The van der Waals surface area contributed by atoms with Crippen LogP contribution in [0.5, 0.6) is 0 Å². The fourth-order valence-electron chi connectivity index (χ4n) is 2.30. The van der Waals surface area contributed by atoms with Crippen molar-refractivity contribution in [2.24, 2.45) is 0 Å². The van der Waals surface area contributed by atoms with E-state index < -0.39 is 0 Å². The molecule has 98 valence electrons. The molecule has 1 aromatic rings. The quantitative estimate of drug-likeness (QED) is 0.927. The molecule has 1 atom stereocenters. The average Bonchev–Trinajstić information content (AvgIpc) is 2.71. The highest BCUT2D eigenvalue weighted by Gasteiger charge is 2.32. The number of rotatable bonds is 4. The molecule has 1 unspecified atom stereocenters. The monoisotopic (exact) mass is 310 g/mol. The molecular formula is C14H19BrN2O. The Morgan fingerprint density at radius 2 is 2.28 bits per heavy atom. The summed E-state index contributed by atoms with van der Waals surface area (Å²) in [6.07, 6.45) is 1.95. The molecule has 18 heavy (non-hydrogen) atoms. The molecule has 1 saturated heterocycles. The number of carbonyl (C=O) groups is 1. The Bertz CT molecular complexity index is 447. The summed E-state index contributed by atoms with van der Waals surface area (Å²) in [5, 5.41) is 3.31. The first-order valence-electron chi connectivity index (χ1n) is 6.44. The molecule has 1 fully saturated rings. The van der Waals surface area contributed by atoms with Gasteiger partial charge in [-0.2, -0.15) is 0 Å². The largest absolute Gasteiger partial charge is 0.311 e. The molecule has 3 nitrogen and oxygen atoms in total. The first-order chi connectivity index (χ1) is 8.63. The van der Waals surface area contributed by atoms with Crippen LogP contribution < -0.4 is 10.2 Å². The van der Waals surface area contributed by atoms with Gasteiger partial charge < -0.3 is 10.2 Å². The van der Waals surface area contributed by atoms with E-state index in [1.165, 1.54) is 0 Å². The summed E-state index contributed by atoms with van der Waals surface area (Å²) in [5.74, 6) is 0.199. The average molecular weight is 311 g/mol. The fraction of sp³-hybridized carbons (Fsp3) is 0.500. The van der Waals surface area contributed by atoms with Crippen molar-refractivity contribution in [3.63, 3.8) is 0 Å². The SMILES string of the molecule is CCCNC1CCN(c2cc(Br)ccc2C)C1=O. The van der Waals surface area contributed by atoms with Gasteiger partial charge in [0.15, 0.2) is 0 Å². The van der Waals surface area contributed by atoms with E-state index >= 15 is 0 Å². The Balaban J connectivity index is 2.15. The molecule has 1 aliphatic rings. The zero-order valence-electron chi connectivity index (χ0n) is 10.9. The van der Waals surface area contributed by atoms with Crippen LogP contribution in [0.2, 0.25) is 0 Å². The predicted octanol–water partition coefficient (Wildman–Crippen LogP) is 2.86. The second-order valence-corrected chi connectivity index (χ2v) is 5.63. The highest BCUT2D eigenvalue weighted by atomic mass is 79.9. The zero-order valence-corrected chi connectivity index (χ0v) is 12.5. The number of carbonyl (C=O) groups excluding carboxylic acids is 1. The smallest absolute Gasteiger partial charge is 0.244 e. The lowest BCUT2D eigenvalue weighted by Gasteiger charge is -2.19. The van der Waals surface area contributed by atoms with Crippen molar-refractivity contribution in [2.45, 2.75) is 32.7 Å². The summed E-state index contributed by atoms with van der Waals surface area (Å²) in [6, 6.07) is 6.06. The van der Waals surface area contributed by atoms with Crippen LogP contribution in [-0.2, 0) is 4.79 Å². The van der Waals surface area contributed by atoms with Crippen molar-refractivity contribution >= 4 is 27.5 Å². The van der Waals surface area contributed by atoms with Gasteiger partial charge in [0.05, 0.1) is 6.04 Å². The molecule has 2 rings (SSSR count). The highest BCUT2D eigenvalue weighted by Crippen LogP contribution is 2.28. The maximum absolute atomic E-state index is 12.3. The molecule has 0 spiro atoms. The van der Waals surface area contributed by atoms with Crippen molar-refractivity contribution in [3.8, 4) is 0 Å². The van der Waals surface area contributed by atoms with E-state index in [4.69, 9.17) is 0 Å². The number of halogens is 1. The second-order valence-electron chi connectivity index (χ2n) is 4.72. The number of nitrogens with one attached hydrogen (secondary N) is 1. The number of hydrogen-bond donors (Lipinski definition) is 1. The first kappa shape index (κ1) is 13.6. The molecule has 0 bridgehead atoms. The van der Waals surface area contributed by atoms with Crippen LogP contribution in [-0.4, -0.2) is 25.0 Å². The third-order valence-electron chi connectivity index (χ3n) is 3.31. The third-order valence-corrected chi connectivity index (χ3v) is 3.80. The summed E-state index contributed by atoms with van der Waals surface area (Å²) in [4.78, 5) is 14.2. The number of hydrogen-bond acceptors (Lipinski definition) is 2.